The van der Waals surface area contributed by atoms with Crippen molar-refractivity contribution in [1.29, 1.82) is 0 Å². The van der Waals surface area contributed by atoms with E-state index in [0.29, 0.717) is 29.1 Å². The molecule has 2 aromatic heterocycles. The van der Waals surface area contributed by atoms with E-state index < -0.39 is 0 Å². The molecule has 0 amide bonds. The van der Waals surface area contributed by atoms with Crippen molar-refractivity contribution in [1.82, 2.24) is 14.9 Å². The topological polar surface area (TPSA) is 51.6 Å². The number of nitrogens with one attached hydrogen (secondary N) is 1. The Morgan fingerprint density at radius 1 is 0.974 bits per heavy atom. The minimum Gasteiger partial charge on any atom is -0.490 e. The molecular formula is C30H31ClN4O2S. The van der Waals surface area contributed by atoms with Crippen LogP contribution in [0.3, 0.4) is 0 Å². The number of ether oxygens (including phenoxy) is 2. The first kappa shape index (κ1) is 26.2. The highest BCUT2D eigenvalue weighted by Gasteiger charge is 2.42. The zero-order valence-electron chi connectivity index (χ0n) is 21.9. The summed E-state index contributed by atoms with van der Waals surface area (Å²) in [5.74, 6) is 0.612. The van der Waals surface area contributed by atoms with Gasteiger partial charge in [0, 0.05) is 36.1 Å². The first-order chi connectivity index (χ1) is 18.4. The molecule has 1 aliphatic rings. The third-order valence-corrected chi connectivity index (χ3v) is 7.53. The molecule has 0 unspecified atom stereocenters. The summed E-state index contributed by atoms with van der Waals surface area (Å²) >= 11 is 12.6. The third-order valence-electron chi connectivity index (χ3n) is 6.92. The van der Waals surface area contributed by atoms with E-state index in [2.05, 4.69) is 70.9 Å². The first-order valence-corrected chi connectivity index (χ1v) is 13.4. The van der Waals surface area contributed by atoms with E-state index in [1.165, 1.54) is 11.1 Å². The zero-order chi connectivity index (χ0) is 26.8. The van der Waals surface area contributed by atoms with Crippen LogP contribution < -0.4 is 15.0 Å². The summed E-state index contributed by atoms with van der Waals surface area (Å²) in [6.45, 7) is 7.32. The average Bonchev–Trinajstić information content (AvgIpc) is 3.41. The minimum absolute atomic E-state index is 0.140. The SMILES string of the molecule is COCCOc1ccc(N2C(=S)N[C@@H](c3ccccn3)[C@@H]2c2cc(C)n(-c3ccc(C)cc3)c2C)cc1Cl. The Labute approximate surface area is 234 Å². The summed E-state index contributed by atoms with van der Waals surface area (Å²) in [6, 6.07) is 22.3. The van der Waals surface area contributed by atoms with Crippen LogP contribution in [0.15, 0.2) is 72.9 Å². The van der Waals surface area contributed by atoms with Gasteiger partial charge in [0.2, 0.25) is 0 Å². The number of anilines is 1. The van der Waals surface area contributed by atoms with Gasteiger partial charge in [0.25, 0.3) is 0 Å². The summed E-state index contributed by atoms with van der Waals surface area (Å²) in [4.78, 5) is 6.83. The van der Waals surface area contributed by atoms with Gasteiger partial charge in [-0.1, -0.05) is 35.4 Å². The zero-order valence-corrected chi connectivity index (χ0v) is 23.5. The van der Waals surface area contributed by atoms with Gasteiger partial charge in [-0.15, -0.1) is 0 Å². The molecule has 5 rings (SSSR count). The van der Waals surface area contributed by atoms with Crippen LogP contribution in [-0.4, -0.2) is 35.0 Å². The second-order valence-corrected chi connectivity index (χ2v) is 10.2. The maximum Gasteiger partial charge on any atom is 0.174 e. The molecule has 2 atom stereocenters. The van der Waals surface area contributed by atoms with Gasteiger partial charge in [-0.05, 0) is 87.1 Å². The molecule has 0 saturated carbocycles. The molecule has 0 bridgehead atoms. The molecule has 1 saturated heterocycles. The highest BCUT2D eigenvalue weighted by molar-refractivity contribution is 7.80. The molecule has 2 aromatic carbocycles. The Morgan fingerprint density at radius 3 is 2.42 bits per heavy atom. The van der Waals surface area contributed by atoms with E-state index in [4.69, 9.17) is 33.3 Å². The van der Waals surface area contributed by atoms with Gasteiger partial charge in [0.15, 0.2) is 5.11 Å². The molecule has 38 heavy (non-hydrogen) atoms. The molecule has 1 fully saturated rings. The lowest BCUT2D eigenvalue weighted by atomic mass is 9.96. The van der Waals surface area contributed by atoms with Crippen molar-refractivity contribution in [2.45, 2.75) is 32.9 Å². The maximum atomic E-state index is 6.66. The van der Waals surface area contributed by atoms with Crippen molar-refractivity contribution < 1.29 is 9.47 Å². The average molecular weight is 547 g/mol. The molecule has 8 heteroatoms. The van der Waals surface area contributed by atoms with E-state index in [1.807, 2.05) is 42.6 Å². The Morgan fingerprint density at radius 2 is 1.74 bits per heavy atom. The number of hydrogen-bond acceptors (Lipinski definition) is 4. The van der Waals surface area contributed by atoms with Crippen molar-refractivity contribution in [3.63, 3.8) is 0 Å². The lowest BCUT2D eigenvalue weighted by Crippen LogP contribution is -2.29. The van der Waals surface area contributed by atoms with Crippen LogP contribution in [-0.2, 0) is 4.74 Å². The van der Waals surface area contributed by atoms with E-state index in [-0.39, 0.29) is 12.1 Å². The van der Waals surface area contributed by atoms with Gasteiger partial charge in [-0.2, -0.15) is 0 Å². The normalized spacial score (nSPS) is 17.1. The fourth-order valence-electron chi connectivity index (χ4n) is 5.12. The van der Waals surface area contributed by atoms with Crippen molar-refractivity contribution >= 4 is 34.6 Å². The number of pyridine rings is 1. The van der Waals surface area contributed by atoms with Gasteiger partial charge < -0.3 is 24.3 Å². The fraction of sp³-hybridized carbons (Fsp3) is 0.267. The number of rotatable bonds is 8. The second kappa shape index (κ2) is 11.2. The fourth-order valence-corrected chi connectivity index (χ4v) is 5.69. The molecule has 0 radical (unpaired) electrons. The van der Waals surface area contributed by atoms with Crippen molar-refractivity contribution in [3.05, 3.63) is 106 Å². The van der Waals surface area contributed by atoms with Gasteiger partial charge in [0.1, 0.15) is 12.4 Å². The number of benzene rings is 2. The summed E-state index contributed by atoms with van der Waals surface area (Å²) in [5.41, 5.74) is 7.64. The number of nitrogens with zero attached hydrogens (tertiary/aromatic N) is 3. The summed E-state index contributed by atoms with van der Waals surface area (Å²) < 4.78 is 13.2. The summed E-state index contributed by atoms with van der Waals surface area (Å²) in [5, 5.41) is 4.68. The van der Waals surface area contributed by atoms with E-state index in [9.17, 15) is 0 Å². The lowest BCUT2D eigenvalue weighted by Gasteiger charge is -2.28. The largest absolute Gasteiger partial charge is 0.490 e. The monoisotopic (exact) mass is 546 g/mol. The van der Waals surface area contributed by atoms with Crippen LogP contribution in [0, 0.1) is 20.8 Å². The summed E-state index contributed by atoms with van der Waals surface area (Å²) in [7, 11) is 1.64. The van der Waals surface area contributed by atoms with Gasteiger partial charge in [0.05, 0.1) is 29.4 Å². The third kappa shape index (κ3) is 5.01. The standard InChI is InChI=1S/C30H31ClN4O2S/c1-19-8-10-22(11-9-19)34-20(2)17-24(21(34)3)29-28(26-7-5-6-14-32-26)33-30(38)35(29)23-12-13-27(25(31)18-23)37-16-15-36-4/h5-14,17-18,28-29H,15-16H2,1-4H3,(H,33,38)/t28-,29-/m0/s1. The lowest BCUT2D eigenvalue weighted by molar-refractivity contribution is 0.146. The minimum atomic E-state index is -0.146. The van der Waals surface area contributed by atoms with E-state index in [0.717, 1.165) is 28.5 Å². The number of thiocarbonyl (C=S) groups is 1. The molecule has 1 N–H and O–H groups in total. The molecular weight excluding hydrogens is 516 g/mol. The van der Waals surface area contributed by atoms with Crippen molar-refractivity contribution in [3.8, 4) is 11.4 Å². The van der Waals surface area contributed by atoms with Crippen LogP contribution in [0.2, 0.25) is 5.02 Å². The molecule has 6 nitrogen and oxygen atoms in total. The van der Waals surface area contributed by atoms with Gasteiger partial charge in [-0.3, -0.25) is 4.98 Å². The molecule has 4 aromatic rings. The number of methoxy groups -OCH3 is 1. The van der Waals surface area contributed by atoms with E-state index >= 15 is 0 Å². The Kier molecular flexibility index (Phi) is 7.70. The van der Waals surface area contributed by atoms with Crippen molar-refractivity contribution in [2.75, 3.05) is 25.2 Å². The predicted molar refractivity (Wildman–Crippen MR) is 157 cm³/mol. The van der Waals surface area contributed by atoms with Crippen LogP contribution >= 0.6 is 23.8 Å². The number of aromatic nitrogens is 2. The first-order valence-electron chi connectivity index (χ1n) is 12.6. The smallest absolute Gasteiger partial charge is 0.174 e. The molecule has 0 spiro atoms. The van der Waals surface area contributed by atoms with Crippen LogP contribution in [0.1, 0.15) is 40.3 Å². The van der Waals surface area contributed by atoms with E-state index in [1.54, 1.807) is 7.11 Å². The molecule has 0 aliphatic carbocycles. The highest BCUT2D eigenvalue weighted by atomic mass is 35.5. The highest BCUT2D eigenvalue weighted by Crippen LogP contribution is 2.45. The Balaban J connectivity index is 1.60. The van der Waals surface area contributed by atoms with Gasteiger partial charge >= 0.3 is 0 Å². The molecule has 1 aliphatic heterocycles. The van der Waals surface area contributed by atoms with Crippen LogP contribution in [0.25, 0.3) is 5.69 Å². The number of halogens is 1. The Bertz CT molecular complexity index is 1440. The van der Waals surface area contributed by atoms with Crippen LogP contribution in [0.5, 0.6) is 5.75 Å². The summed E-state index contributed by atoms with van der Waals surface area (Å²) in [6.07, 6.45) is 1.82. The predicted octanol–water partition coefficient (Wildman–Crippen LogP) is 6.65. The molecule has 196 valence electrons. The Hall–Kier alpha value is -3.39. The maximum absolute atomic E-state index is 6.66. The molecule has 3 heterocycles. The van der Waals surface area contributed by atoms with Gasteiger partial charge in [-0.25, -0.2) is 0 Å². The van der Waals surface area contributed by atoms with Crippen LogP contribution in [0.4, 0.5) is 5.69 Å². The van der Waals surface area contributed by atoms with Crippen molar-refractivity contribution in [2.24, 2.45) is 0 Å². The second-order valence-electron chi connectivity index (χ2n) is 9.45. The number of aryl methyl sites for hydroxylation is 2. The quantitative estimate of drug-likeness (QED) is 0.197. The number of hydrogen-bond donors (Lipinski definition) is 1.